The molecule has 1 aromatic heterocycles. The number of nitrogens with zero attached hydrogens (tertiary/aromatic N) is 1. The van der Waals surface area contributed by atoms with Gasteiger partial charge in [0, 0.05) is 24.2 Å². The lowest BCUT2D eigenvalue weighted by atomic mass is 9.96. The molecule has 0 saturated carbocycles. The normalized spacial score (nSPS) is 25.3. The maximum Gasteiger partial charge on any atom is 0.239 e. The number of amides is 1. The number of rotatable bonds is 4. The molecule has 1 saturated heterocycles. The molecule has 1 aromatic carbocycles. The highest BCUT2D eigenvalue weighted by Crippen LogP contribution is 2.16. The van der Waals surface area contributed by atoms with Crippen LogP contribution in [0.1, 0.15) is 0 Å². The highest BCUT2D eigenvalue weighted by atomic mass is 16.5. The molecule has 0 spiro atoms. The van der Waals surface area contributed by atoms with E-state index in [2.05, 4.69) is 5.32 Å². The van der Waals surface area contributed by atoms with Gasteiger partial charge in [-0.05, 0) is 17.5 Å². The largest absolute Gasteiger partial charge is 0.390 e. The van der Waals surface area contributed by atoms with Crippen molar-refractivity contribution >= 4 is 16.8 Å². The minimum Gasteiger partial charge on any atom is -0.390 e. The van der Waals surface area contributed by atoms with Crippen LogP contribution in [0.2, 0.25) is 0 Å². The Bertz CT molecular complexity index is 654. The first-order valence-corrected chi connectivity index (χ1v) is 7.39. The molecular formula is C16H20N2O4. The van der Waals surface area contributed by atoms with Gasteiger partial charge in [-0.3, -0.25) is 4.79 Å². The summed E-state index contributed by atoms with van der Waals surface area (Å²) in [6.07, 6.45) is 0.137. The van der Waals surface area contributed by atoms with Gasteiger partial charge in [0.15, 0.2) is 0 Å². The van der Waals surface area contributed by atoms with Crippen LogP contribution in [0.4, 0.5) is 0 Å². The monoisotopic (exact) mass is 304 g/mol. The lowest BCUT2D eigenvalue weighted by Crippen LogP contribution is -2.48. The average molecular weight is 304 g/mol. The minimum atomic E-state index is -0.885. The molecule has 1 fully saturated rings. The molecule has 1 aliphatic heterocycles. The lowest BCUT2D eigenvalue weighted by Gasteiger charge is -2.31. The van der Waals surface area contributed by atoms with Crippen LogP contribution < -0.4 is 5.32 Å². The van der Waals surface area contributed by atoms with Crippen molar-refractivity contribution in [1.29, 1.82) is 0 Å². The molecule has 22 heavy (non-hydrogen) atoms. The molecule has 3 atom stereocenters. The number of hydrogen-bond acceptors (Lipinski definition) is 4. The van der Waals surface area contributed by atoms with Gasteiger partial charge in [0.2, 0.25) is 5.91 Å². The summed E-state index contributed by atoms with van der Waals surface area (Å²) in [5, 5.41) is 23.3. The fourth-order valence-electron chi connectivity index (χ4n) is 2.77. The molecule has 3 rings (SSSR count). The summed E-state index contributed by atoms with van der Waals surface area (Å²) >= 11 is 0. The number of para-hydroxylation sites is 1. The summed E-state index contributed by atoms with van der Waals surface area (Å²) in [5.74, 6) is -0.414. The molecule has 2 heterocycles. The van der Waals surface area contributed by atoms with E-state index < -0.39 is 12.2 Å². The van der Waals surface area contributed by atoms with Gasteiger partial charge in [0.25, 0.3) is 0 Å². The Balaban J connectivity index is 1.56. The van der Waals surface area contributed by atoms with Crippen LogP contribution in [0, 0.1) is 5.92 Å². The van der Waals surface area contributed by atoms with Gasteiger partial charge in [0.1, 0.15) is 12.6 Å². The predicted molar refractivity (Wildman–Crippen MR) is 81.3 cm³/mol. The number of hydrogen-bond donors (Lipinski definition) is 3. The standard InChI is InChI=1S/C16H20N2O4/c19-14-10-22-9-12(16(14)21)7-17-15(20)8-18-6-5-11-3-1-2-4-13(11)18/h1-6,12,14,16,19,21H,7-10H2,(H,17,20)/t12-,14-,16+/m1/s1. The topological polar surface area (TPSA) is 83.7 Å². The van der Waals surface area contributed by atoms with Crippen molar-refractivity contribution in [2.45, 2.75) is 18.8 Å². The van der Waals surface area contributed by atoms with E-state index >= 15 is 0 Å². The summed E-state index contributed by atoms with van der Waals surface area (Å²) in [6, 6.07) is 9.84. The third-order valence-electron chi connectivity index (χ3n) is 4.05. The zero-order chi connectivity index (χ0) is 15.5. The lowest BCUT2D eigenvalue weighted by molar-refractivity contribution is -0.128. The first kappa shape index (κ1) is 15.0. The number of carbonyl (C=O) groups is 1. The summed E-state index contributed by atoms with van der Waals surface area (Å²) in [4.78, 5) is 12.1. The second-order valence-corrected chi connectivity index (χ2v) is 5.66. The Morgan fingerprint density at radius 1 is 1.27 bits per heavy atom. The number of ether oxygens (including phenoxy) is 1. The first-order valence-electron chi connectivity index (χ1n) is 7.39. The molecule has 1 aliphatic rings. The molecule has 0 aliphatic carbocycles. The second kappa shape index (κ2) is 6.48. The van der Waals surface area contributed by atoms with Crippen molar-refractivity contribution in [2.24, 2.45) is 5.92 Å². The van der Waals surface area contributed by atoms with Gasteiger partial charge in [-0.25, -0.2) is 0 Å². The van der Waals surface area contributed by atoms with Gasteiger partial charge in [0.05, 0.1) is 19.3 Å². The maximum atomic E-state index is 12.1. The SMILES string of the molecule is O=C(Cn1ccc2ccccc21)NC[C@@H]1COC[C@@H](O)[C@H]1O. The third kappa shape index (κ3) is 3.14. The maximum absolute atomic E-state index is 12.1. The molecule has 1 amide bonds. The Kier molecular flexibility index (Phi) is 4.42. The van der Waals surface area contributed by atoms with Crippen molar-refractivity contribution in [3.63, 3.8) is 0 Å². The van der Waals surface area contributed by atoms with Crippen molar-refractivity contribution in [1.82, 2.24) is 9.88 Å². The van der Waals surface area contributed by atoms with Crippen molar-refractivity contribution in [3.8, 4) is 0 Å². The first-order chi connectivity index (χ1) is 10.6. The number of benzene rings is 1. The van der Waals surface area contributed by atoms with Crippen LogP contribution in [0.25, 0.3) is 10.9 Å². The van der Waals surface area contributed by atoms with E-state index in [1.807, 2.05) is 41.1 Å². The second-order valence-electron chi connectivity index (χ2n) is 5.66. The molecule has 2 aromatic rings. The third-order valence-corrected chi connectivity index (χ3v) is 4.05. The van der Waals surface area contributed by atoms with Crippen LogP contribution in [-0.4, -0.2) is 52.7 Å². The van der Waals surface area contributed by atoms with Crippen molar-refractivity contribution in [2.75, 3.05) is 19.8 Å². The van der Waals surface area contributed by atoms with Crippen LogP contribution >= 0.6 is 0 Å². The molecule has 3 N–H and O–H groups in total. The van der Waals surface area contributed by atoms with Crippen molar-refractivity contribution in [3.05, 3.63) is 36.5 Å². The van der Waals surface area contributed by atoms with Gasteiger partial charge in [-0.1, -0.05) is 18.2 Å². The molecule has 6 nitrogen and oxygen atoms in total. The van der Waals surface area contributed by atoms with Gasteiger partial charge in [-0.2, -0.15) is 0 Å². The minimum absolute atomic E-state index is 0.131. The zero-order valence-electron chi connectivity index (χ0n) is 12.2. The molecule has 0 radical (unpaired) electrons. The van der Waals surface area contributed by atoms with Gasteiger partial charge >= 0.3 is 0 Å². The van der Waals surface area contributed by atoms with Crippen LogP contribution in [0.5, 0.6) is 0 Å². The van der Waals surface area contributed by atoms with E-state index in [1.54, 1.807) is 0 Å². The van der Waals surface area contributed by atoms with E-state index in [0.717, 1.165) is 10.9 Å². The smallest absolute Gasteiger partial charge is 0.239 e. The van der Waals surface area contributed by atoms with Crippen LogP contribution in [0.3, 0.4) is 0 Å². The fourth-order valence-corrected chi connectivity index (χ4v) is 2.77. The number of aliphatic hydroxyl groups is 2. The number of aliphatic hydroxyl groups excluding tert-OH is 2. The van der Waals surface area contributed by atoms with Crippen LogP contribution in [0.15, 0.2) is 36.5 Å². The van der Waals surface area contributed by atoms with Gasteiger partial charge in [-0.15, -0.1) is 0 Å². The number of carbonyl (C=O) groups excluding carboxylic acids is 1. The molecular weight excluding hydrogens is 284 g/mol. The van der Waals surface area contributed by atoms with E-state index in [4.69, 9.17) is 4.74 Å². The number of fused-ring (bicyclic) bond motifs is 1. The summed E-state index contributed by atoms with van der Waals surface area (Å²) in [5.41, 5.74) is 1.01. The fraction of sp³-hybridized carbons (Fsp3) is 0.438. The Hall–Kier alpha value is -1.89. The van der Waals surface area contributed by atoms with E-state index in [9.17, 15) is 15.0 Å². The highest BCUT2D eigenvalue weighted by molar-refractivity contribution is 5.83. The summed E-state index contributed by atoms with van der Waals surface area (Å²) < 4.78 is 7.08. The summed E-state index contributed by atoms with van der Waals surface area (Å²) in [7, 11) is 0. The molecule has 6 heteroatoms. The molecule has 118 valence electrons. The molecule has 0 bridgehead atoms. The van der Waals surface area contributed by atoms with Gasteiger partial charge < -0.3 is 24.8 Å². The number of aromatic nitrogens is 1. The number of nitrogens with one attached hydrogen (secondary N) is 1. The Morgan fingerprint density at radius 2 is 2.09 bits per heavy atom. The van der Waals surface area contributed by atoms with Crippen molar-refractivity contribution < 1.29 is 19.7 Å². The van der Waals surface area contributed by atoms with Crippen LogP contribution in [-0.2, 0) is 16.1 Å². The van der Waals surface area contributed by atoms with E-state index in [-0.39, 0.29) is 31.5 Å². The average Bonchev–Trinajstić information content (AvgIpc) is 2.92. The van der Waals surface area contributed by atoms with E-state index in [0.29, 0.717) is 6.61 Å². The van der Waals surface area contributed by atoms with E-state index in [1.165, 1.54) is 0 Å². The predicted octanol–water partition coefficient (Wildman–Crippen LogP) is 0.126. The quantitative estimate of drug-likeness (QED) is 0.749. The summed E-state index contributed by atoms with van der Waals surface area (Å²) in [6.45, 7) is 0.988. The Morgan fingerprint density at radius 3 is 2.95 bits per heavy atom. The molecule has 0 unspecified atom stereocenters. The zero-order valence-corrected chi connectivity index (χ0v) is 12.2. The highest BCUT2D eigenvalue weighted by Gasteiger charge is 2.31. The Labute approximate surface area is 128 Å².